The molecule has 2 rings (SSSR count). The Morgan fingerprint density at radius 3 is 2.75 bits per heavy atom. The molecular formula is C11H14N2O3. The van der Waals surface area contributed by atoms with E-state index in [-0.39, 0.29) is 17.0 Å². The summed E-state index contributed by atoms with van der Waals surface area (Å²) >= 11 is 0. The standard InChI is InChI=1S/C11H14N2O3/c1-11(2)4-8-7(13-9(14)5-11)3-6(12)10(15)16-8/h3H,4-5,12H2,1-2H3,(H,13,14). The molecule has 0 radical (unpaired) electrons. The average Bonchev–Trinajstić information content (AvgIpc) is 2.21. The summed E-state index contributed by atoms with van der Waals surface area (Å²) in [4.78, 5) is 22.9. The Morgan fingerprint density at radius 1 is 1.38 bits per heavy atom. The quantitative estimate of drug-likeness (QED) is 0.689. The van der Waals surface area contributed by atoms with Crippen LogP contribution in [0, 0.1) is 5.41 Å². The van der Waals surface area contributed by atoms with Crippen LogP contribution in [0.1, 0.15) is 26.0 Å². The first-order valence-electron chi connectivity index (χ1n) is 5.10. The minimum absolute atomic E-state index is 0.0127. The SMILES string of the molecule is CC1(C)CC(=O)Nc2cc(N)c(=O)oc2C1. The molecule has 2 heterocycles. The molecule has 0 spiro atoms. The van der Waals surface area contributed by atoms with Gasteiger partial charge in [0.2, 0.25) is 5.91 Å². The van der Waals surface area contributed by atoms with Crippen LogP contribution in [0.15, 0.2) is 15.3 Å². The Bertz CT molecular complexity index is 502. The van der Waals surface area contributed by atoms with Crippen LogP contribution in [0.4, 0.5) is 11.4 Å². The number of amides is 1. The van der Waals surface area contributed by atoms with E-state index in [9.17, 15) is 9.59 Å². The Labute approximate surface area is 92.6 Å². The number of rotatable bonds is 0. The predicted octanol–water partition coefficient (Wildman–Crippen LogP) is 1.13. The highest BCUT2D eigenvalue weighted by molar-refractivity contribution is 5.92. The normalized spacial score (nSPS) is 18.5. The Hall–Kier alpha value is -1.78. The molecule has 0 aromatic carbocycles. The lowest BCUT2D eigenvalue weighted by Gasteiger charge is -2.19. The number of carbonyl (C=O) groups is 1. The van der Waals surface area contributed by atoms with E-state index in [0.717, 1.165) is 0 Å². The molecule has 0 aliphatic carbocycles. The van der Waals surface area contributed by atoms with Crippen molar-refractivity contribution in [2.45, 2.75) is 26.7 Å². The minimum atomic E-state index is -0.550. The molecule has 16 heavy (non-hydrogen) atoms. The van der Waals surface area contributed by atoms with Crippen molar-refractivity contribution in [3.63, 3.8) is 0 Å². The van der Waals surface area contributed by atoms with E-state index in [4.69, 9.17) is 10.2 Å². The average molecular weight is 222 g/mol. The molecule has 0 bridgehead atoms. The third-order valence-corrected chi connectivity index (χ3v) is 2.60. The molecule has 86 valence electrons. The molecule has 0 saturated heterocycles. The molecule has 0 saturated carbocycles. The Kier molecular flexibility index (Phi) is 2.26. The number of nitrogens with two attached hydrogens (primary N) is 1. The molecule has 0 unspecified atom stereocenters. The summed E-state index contributed by atoms with van der Waals surface area (Å²) in [6, 6.07) is 1.46. The van der Waals surface area contributed by atoms with E-state index in [1.165, 1.54) is 6.07 Å². The van der Waals surface area contributed by atoms with Crippen molar-refractivity contribution in [3.8, 4) is 0 Å². The first-order valence-corrected chi connectivity index (χ1v) is 5.10. The van der Waals surface area contributed by atoms with Crippen LogP contribution in [0.25, 0.3) is 0 Å². The fourth-order valence-electron chi connectivity index (χ4n) is 1.88. The van der Waals surface area contributed by atoms with Crippen LogP contribution in [-0.4, -0.2) is 5.91 Å². The van der Waals surface area contributed by atoms with E-state index in [0.29, 0.717) is 24.3 Å². The fraction of sp³-hybridized carbons (Fsp3) is 0.455. The van der Waals surface area contributed by atoms with Gasteiger partial charge in [-0.15, -0.1) is 0 Å². The van der Waals surface area contributed by atoms with Gasteiger partial charge in [-0.2, -0.15) is 0 Å². The van der Waals surface area contributed by atoms with Gasteiger partial charge in [0.25, 0.3) is 0 Å². The van der Waals surface area contributed by atoms with Gasteiger partial charge >= 0.3 is 5.63 Å². The maximum Gasteiger partial charge on any atom is 0.359 e. The highest BCUT2D eigenvalue weighted by atomic mass is 16.4. The highest BCUT2D eigenvalue weighted by Gasteiger charge is 2.29. The van der Waals surface area contributed by atoms with Gasteiger partial charge in [-0.3, -0.25) is 4.79 Å². The lowest BCUT2D eigenvalue weighted by Crippen LogP contribution is -2.20. The van der Waals surface area contributed by atoms with Crippen molar-refractivity contribution in [2.24, 2.45) is 5.41 Å². The molecule has 1 aromatic rings. The van der Waals surface area contributed by atoms with Gasteiger partial charge in [-0.05, 0) is 11.5 Å². The number of nitrogens with one attached hydrogen (secondary N) is 1. The molecular weight excluding hydrogens is 208 g/mol. The molecule has 1 aliphatic heterocycles. The lowest BCUT2D eigenvalue weighted by molar-refractivity contribution is -0.117. The summed E-state index contributed by atoms with van der Waals surface area (Å²) in [6.07, 6.45) is 0.932. The fourth-order valence-corrected chi connectivity index (χ4v) is 1.88. The van der Waals surface area contributed by atoms with Crippen LogP contribution in [0.5, 0.6) is 0 Å². The molecule has 1 amide bonds. The smallest absolute Gasteiger partial charge is 0.359 e. The zero-order valence-corrected chi connectivity index (χ0v) is 9.29. The Morgan fingerprint density at radius 2 is 2.06 bits per heavy atom. The number of hydrogen-bond acceptors (Lipinski definition) is 4. The number of anilines is 2. The summed E-state index contributed by atoms with van der Waals surface area (Å²) in [5.74, 6) is 0.409. The van der Waals surface area contributed by atoms with Crippen LogP contribution >= 0.6 is 0 Å². The number of nitrogen functional groups attached to an aromatic ring is 1. The third kappa shape index (κ3) is 1.93. The van der Waals surface area contributed by atoms with Crippen molar-refractivity contribution >= 4 is 17.3 Å². The van der Waals surface area contributed by atoms with Crippen LogP contribution in [-0.2, 0) is 11.2 Å². The van der Waals surface area contributed by atoms with Gasteiger partial charge in [0.15, 0.2) is 0 Å². The van der Waals surface area contributed by atoms with E-state index in [1.807, 2.05) is 13.8 Å². The van der Waals surface area contributed by atoms with Gasteiger partial charge in [-0.25, -0.2) is 4.79 Å². The summed E-state index contributed by atoms with van der Waals surface area (Å²) in [5.41, 5.74) is 5.20. The summed E-state index contributed by atoms with van der Waals surface area (Å²) in [6.45, 7) is 3.91. The summed E-state index contributed by atoms with van der Waals surface area (Å²) < 4.78 is 5.10. The summed E-state index contributed by atoms with van der Waals surface area (Å²) in [7, 11) is 0. The second kappa shape index (κ2) is 3.37. The molecule has 0 atom stereocenters. The van der Waals surface area contributed by atoms with Gasteiger partial charge < -0.3 is 15.5 Å². The van der Waals surface area contributed by atoms with Gasteiger partial charge in [0, 0.05) is 12.8 Å². The topological polar surface area (TPSA) is 85.3 Å². The Balaban J connectivity index is 2.55. The van der Waals surface area contributed by atoms with E-state index >= 15 is 0 Å². The molecule has 0 fully saturated rings. The third-order valence-electron chi connectivity index (χ3n) is 2.60. The maximum atomic E-state index is 11.6. The van der Waals surface area contributed by atoms with Crippen molar-refractivity contribution in [1.82, 2.24) is 0 Å². The van der Waals surface area contributed by atoms with Crippen molar-refractivity contribution in [1.29, 1.82) is 0 Å². The first-order chi connectivity index (χ1) is 7.37. The van der Waals surface area contributed by atoms with Crippen LogP contribution in [0.3, 0.4) is 0 Å². The van der Waals surface area contributed by atoms with Crippen molar-refractivity contribution in [2.75, 3.05) is 11.1 Å². The van der Waals surface area contributed by atoms with E-state index in [1.54, 1.807) is 0 Å². The van der Waals surface area contributed by atoms with Crippen LogP contribution < -0.4 is 16.7 Å². The molecule has 1 aromatic heterocycles. The molecule has 1 aliphatic rings. The highest BCUT2D eigenvalue weighted by Crippen LogP contribution is 2.33. The largest absolute Gasteiger partial charge is 0.424 e. The van der Waals surface area contributed by atoms with Gasteiger partial charge in [0.1, 0.15) is 11.4 Å². The second-order valence-electron chi connectivity index (χ2n) is 4.89. The van der Waals surface area contributed by atoms with Crippen molar-refractivity contribution < 1.29 is 9.21 Å². The molecule has 5 heteroatoms. The van der Waals surface area contributed by atoms with E-state index < -0.39 is 5.63 Å². The zero-order valence-electron chi connectivity index (χ0n) is 9.29. The number of carbonyl (C=O) groups excluding carboxylic acids is 1. The van der Waals surface area contributed by atoms with Gasteiger partial charge in [-0.1, -0.05) is 13.8 Å². The number of hydrogen-bond donors (Lipinski definition) is 2. The minimum Gasteiger partial charge on any atom is -0.424 e. The molecule has 3 N–H and O–H groups in total. The van der Waals surface area contributed by atoms with E-state index in [2.05, 4.69) is 5.32 Å². The molecule has 5 nitrogen and oxygen atoms in total. The number of fused-ring (bicyclic) bond motifs is 1. The second-order valence-corrected chi connectivity index (χ2v) is 4.89. The van der Waals surface area contributed by atoms with Gasteiger partial charge in [0.05, 0.1) is 5.69 Å². The monoisotopic (exact) mass is 222 g/mol. The van der Waals surface area contributed by atoms with Crippen LogP contribution in [0.2, 0.25) is 0 Å². The van der Waals surface area contributed by atoms with Crippen molar-refractivity contribution in [3.05, 3.63) is 22.2 Å². The predicted molar refractivity (Wildman–Crippen MR) is 60.1 cm³/mol. The maximum absolute atomic E-state index is 11.6. The first kappa shape index (κ1) is 10.7. The zero-order chi connectivity index (χ0) is 11.9. The lowest BCUT2D eigenvalue weighted by atomic mass is 9.85. The summed E-state index contributed by atoms with van der Waals surface area (Å²) in [5, 5.41) is 2.69.